The standard InChI is InChI=1S/C42H29N3O/c1-3-5-13-27(4-2)34-24-25-36(38-35-18-11-12-19-37(35)46-39(34)38)42-44-40(29-15-7-6-8-16-29)43-41(45-42)31-22-23-33-30(26-31)21-20-28-14-9-10-17-32(28)33/h3-26H,2H2,1H3/b5-3-,27-13+. The van der Waals surface area contributed by atoms with Crippen LogP contribution in [0, 0.1) is 0 Å². The van der Waals surface area contributed by atoms with E-state index >= 15 is 0 Å². The molecule has 2 aromatic heterocycles. The van der Waals surface area contributed by atoms with Crippen LogP contribution in [0.3, 0.4) is 0 Å². The van der Waals surface area contributed by atoms with Crippen LogP contribution in [0.15, 0.2) is 157 Å². The average molecular weight is 592 g/mol. The second kappa shape index (κ2) is 11.4. The molecule has 2 heterocycles. The highest BCUT2D eigenvalue weighted by molar-refractivity contribution is 6.15. The molecule has 46 heavy (non-hydrogen) atoms. The molecule has 0 saturated carbocycles. The van der Waals surface area contributed by atoms with Gasteiger partial charge in [-0.15, -0.1) is 0 Å². The molecule has 4 nitrogen and oxygen atoms in total. The number of aromatic nitrogens is 3. The second-order valence-corrected chi connectivity index (χ2v) is 11.2. The molecular formula is C42H29N3O. The van der Waals surface area contributed by atoms with Crippen LogP contribution in [0.25, 0.3) is 83.2 Å². The van der Waals surface area contributed by atoms with Gasteiger partial charge in [-0.3, -0.25) is 0 Å². The summed E-state index contributed by atoms with van der Waals surface area (Å²) in [5, 5.41) is 6.75. The van der Waals surface area contributed by atoms with E-state index in [0.29, 0.717) is 17.5 Å². The Balaban J connectivity index is 1.39. The van der Waals surface area contributed by atoms with Gasteiger partial charge in [0.2, 0.25) is 0 Å². The van der Waals surface area contributed by atoms with Crippen LogP contribution >= 0.6 is 0 Å². The minimum atomic E-state index is 0.586. The summed E-state index contributed by atoms with van der Waals surface area (Å²) in [5.74, 6) is 1.82. The molecule has 0 spiro atoms. The summed E-state index contributed by atoms with van der Waals surface area (Å²) in [6, 6.07) is 41.6. The first kappa shape index (κ1) is 27.4. The van der Waals surface area contributed by atoms with Crippen molar-refractivity contribution in [3.8, 4) is 34.2 Å². The van der Waals surface area contributed by atoms with Crippen LogP contribution in [-0.2, 0) is 0 Å². The maximum Gasteiger partial charge on any atom is 0.164 e. The summed E-state index contributed by atoms with van der Waals surface area (Å²) >= 11 is 0. The van der Waals surface area contributed by atoms with Crippen molar-refractivity contribution in [2.45, 2.75) is 6.92 Å². The minimum absolute atomic E-state index is 0.586. The lowest BCUT2D eigenvalue weighted by Crippen LogP contribution is -2.00. The predicted molar refractivity (Wildman–Crippen MR) is 191 cm³/mol. The molecule has 4 heteroatoms. The van der Waals surface area contributed by atoms with Crippen molar-refractivity contribution < 1.29 is 4.42 Å². The van der Waals surface area contributed by atoms with E-state index in [1.807, 2.05) is 79.8 Å². The largest absolute Gasteiger partial charge is 0.455 e. The number of allylic oxidation sites excluding steroid dienone is 5. The Morgan fingerprint density at radius 2 is 1.33 bits per heavy atom. The molecule has 8 rings (SSSR count). The van der Waals surface area contributed by atoms with E-state index in [0.717, 1.165) is 55.2 Å². The van der Waals surface area contributed by atoms with Crippen LogP contribution < -0.4 is 0 Å². The van der Waals surface area contributed by atoms with E-state index in [9.17, 15) is 0 Å². The lowest BCUT2D eigenvalue weighted by atomic mass is 9.97. The summed E-state index contributed by atoms with van der Waals surface area (Å²) < 4.78 is 6.54. The smallest absolute Gasteiger partial charge is 0.164 e. The maximum absolute atomic E-state index is 6.54. The molecule has 0 bridgehead atoms. The van der Waals surface area contributed by atoms with E-state index in [-0.39, 0.29) is 0 Å². The van der Waals surface area contributed by atoms with Gasteiger partial charge in [-0.05, 0) is 58.3 Å². The molecule has 0 N–H and O–H groups in total. The lowest BCUT2D eigenvalue weighted by Gasteiger charge is -2.11. The monoisotopic (exact) mass is 591 g/mol. The maximum atomic E-state index is 6.54. The van der Waals surface area contributed by atoms with E-state index < -0.39 is 0 Å². The highest BCUT2D eigenvalue weighted by atomic mass is 16.3. The third kappa shape index (κ3) is 4.68. The van der Waals surface area contributed by atoms with Crippen LogP contribution in [0.4, 0.5) is 0 Å². The van der Waals surface area contributed by atoms with Gasteiger partial charge in [0.1, 0.15) is 11.2 Å². The predicted octanol–water partition coefficient (Wildman–Crippen LogP) is 11.2. The molecule has 8 aromatic rings. The number of fused-ring (bicyclic) bond motifs is 6. The van der Waals surface area contributed by atoms with Gasteiger partial charge in [0.25, 0.3) is 0 Å². The molecular weight excluding hydrogens is 562 g/mol. The molecule has 0 saturated heterocycles. The molecule has 0 atom stereocenters. The first-order valence-electron chi connectivity index (χ1n) is 15.4. The summed E-state index contributed by atoms with van der Waals surface area (Å²) in [4.78, 5) is 15.2. The van der Waals surface area contributed by atoms with Gasteiger partial charge in [0.05, 0.1) is 0 Å². The Hall–Kier alpha value is -6.13. The molecule has 0 amide bonds. The van der Waals surface area contributed by atoms with Gasteiger partial charge >= 0.3 is 0 Å². The highest BCUT2D eigenvalue weighted by Crippen LogP contribution is 2.40. The van der Waals surface area contributed by atoms with Crippen LogP contribution in [0.5, 0.6) is 0 Å². The third-order valence-electron chi connectivity index (χ3n) is 8.44. The van der Waals surface area contributed by atoms with Gasteiger partial charge in [0, 0.05) is 33.0 Å². The van der Waals surface area contributed by atoms with Gasteiger partial charge in [-0.2, -0.15) is 0 Å². The zero-order valence-corrected chi connectivity index (χ0v) is 25.3. The number of hydrogen-bond acceptors (Lipinski definition) is 4. The summed E-state index contributed by atoms with van der Waals surface area (Å²) in [5.41, 5.74) is 6.24. The van der Waals surface area contributed by atoms with Crippen molar-refractivity contribution in [2.24, 2.45) is 0 Å². The summed E-state index contributed by atoms with van der Waals surface area (Å²) in [6.07, 6.45) is 7.92. The molecule has 218 valence electrons. The zero-order valence-electron chi connectivity index (χ0n) is 25.3. The van der Waals surface area contributed by atoms with Crippen molar-refractivity contribution in [3.05, 3.63) is 158 Å². The fraction of sp³-hybridized carbons (Fsp3) is 0.0238. The SMILES string of the molecule is C=C/C(=C\C=C/C)c1ccc(-c2nc(-c3ccccc3)nc(-c3ccc4c(ccc5ccccc54)c3)n2)c2c1oc1ccccc12. The fourth-order valence-electron chi connectivity index (χ4n) is 6.20. The second-order valence-electron chi connectivity index (χ2n) is 11.2. The van der Waals surface area contributed by atoms with E-state index in [1.54, 1.807) is 0 Å². The normalized spacial score (nSPS) is 12.2. The Morgan fingerprint density at radius 3 is 2.15 bits per heavy atom. The third-order valence-corrected chi connectivity index (χ3v) is 8.44. The Morgan fingerprint density at radius 1 is 0.630 bits per heavy atom. The molecule has 0 unspecified atom stereocenters. The minimum Gasteiger partial charge on any atom is -0.455 e. The number of nitrogens with zero attached hydrogens (tertiary/aromatic N) is 3. The van der Waals surface area contributed by atoms with Gasteiger partial charge < -0.3 is 4.42 Å². The van der Waals surface area contributed by atoms with Gasteiger partial charge in [-0.1, -0.05) is 128 Å². The van der Waals surface area contributed by atoms with Crippen molar-refractivity contribution in [3.63, 3.8) is 0 Å². The first-order valence-corrected chi connectivity index (χ1v) is 15.4. The lowest BCUT2D eigenvalue weighted by molar-refractivity contribution is 0.668. The quantitative estimate of drug-likeness (QED) is 0.143. The van der Waals surface area contributed by atoms with Gasteiger partial charge in [-0.25, -0.2) is 15.0 Å². The van der Waals surface area contributed by atoms with Crippen molar-refractivity contribution >= 4 is 49.1 Å². The zero-order chi connectivity index (χ0) is 31.0. The van der Waals surface area contributed by atoms with Crippen LogP contribution in [0.2, 0.25) is 0 Å². The molecule has 0 radical (unpaired) electrons. The molecule has 0 aliphatic rings. The van der Waals surface area contributed by atoms with Crippen molar-refractivity contribution in [1.29, 1.82) is 0 Å². The summed E-state index contributed by atoms with van der Waals surface area (Å²) in [6.45, 7) is 6.08. The Bertz CT molecular complexity index is 2500. The Labute approximate surface area is 266 Å². The summed E-state index contributed by atoms with van der Waals surface area (Å²) in [7, 11) is 0. The number of hydrogen-bond donors (Lipinski definition) is 0. The highest BCUT2D eigenvalue weighted by Gasteiger charge is 2.21. The first-order chi connectivity index (χ1) is 22.7. The molecule has 0 aliphatic heterocycles. The molecule has 0 fully saturated rings. The molecule has 6 aromatic carbocycles. The van der Waals surface area contributed by atoms with Crippen molar-refractivity contribution in [1.82, 2.24) is 15.0 Å². The van der Waals surface area contributed by atoms with Crippen LogP contribution in [0.1, 0.15) is 12.5 Å². The average Bonchev–Trinajstić information content (AvgIpc) is 3.52. The topological polar surface area (TPSA) is 51.8 Å². The van der Waals surface area contributed by atoms with E-state index in [2.05, 4.69) is 79.4 Å². The van der Waals surface area contributed by atoms with E-state index in [4.69, 9.17) is 19.4 Å². The van der Waals surface area contributed by atoms with Crippen LogP contribution in [-0.4, -0.2) is 15.0 Å². The number of rotatable bonds is 6. The number of furan rings is 1. The number of benzene rings is 6. The van der Waals surface area contributed by atoms with Crippen molar-refractivity contribution in [2.75, 3.05) is 0 Å². The van der Waals surface area contributed by atoms with Gasteiger partial charge in [0.15, 0.2) is 17.5 Å². The fourth-order valence-corrected chi connectivity index (χ4v) is 6.20. The Kier molecular flexibility index (Phi) is 6.81. The molecule has 0 aliphatic carbocycles. The number of para-hydroxylation sites is 1. The van der Waals surface area contributed by atoms with E-state index in [1.165, 1.54) is 16.2 Å².